The van der Waals surface area contributed by atoms with Crippen molar-refractivity contribution >= 4 is 16.3 Å². The van der Waals surface area contributed by atoms with E-state index in [9.17, 15) is 0 Å². The summed E-state index contributed by atoms with van der Waals surface area (Å²) in [5.74, 6) is 0. The molecule has 0 bridgehead atoms. The largest absolute Gasteiger partial charge is 0.377 e. The summed E-state index contributed by atoms with van der Waals surface area (Å²) in [5, 5.41) is 3.52. The second-order valence-electron chi connectivity index (χ2n) is 5.26. The lowest BCUT2D eigenvalue weighted by atomic mass is 10.1. The van der Waals surface area contributed by atoms with Gasteiger partial charge in [-0.1, -0.05) is 0 Å². The van der Waals surface area contributed by atoms with E-state index >= 15 is 0 Å². The van der Waals surface area contributed by atoms with Crippen LogP contribution in [0.2, 0.25) is 0 Å². The van der Waals surface area contributed by atoms with Gasteiger partial charge in [0.05, 0.1) is 17.5 Å². The smallest absolute Gasteiger partial charge is 0.194 e. The molecule has 3 heterocycles. The Morgan fingerprint density at radius 3 is 3.16 bits per heavy atom. The lowest BCUT2D eigenvalue weighted by Crippen LogP contribution is -2.31. The van der Waals surface area contributed by atoms with E-state index in [1.807, 2.05) is 0 Å². The Morgan fingerprint density at radius 2 is 2.37 bits per heavy atom. The summed E-state index contributed by atoms with van der Waals surface area (Å²) in [6.07, 6.45) is 6.26. The second kappa shape index (κ2) is 5.61. The molecule has 5 heteroatoms. The molecule has 1 aliphatic heterocycles. The highest BCUT2D eigenvalue weighted by molar-refractivity contribution is 7.17. The Kier molecular flexibility index (Phi) is 3.86. The average molecular weight is 279 g/mol. The van der Waals surface area contributed by atoms with Crippen LogP contribution in [0.15, 0.2) is 6.20 Å². The second-order valence-corrected chi connectivity index (χ2v) is 6.47. The van der Waals surface area contributed by atoms with E-state index in [1.54, 1.807) is 11.3 Å². The number of nitrogens with one attached hydrogen (secondary N) is 1. The standard InChI is InChI=1S/C14H21N3OS/c1-10-9-17-13(11(2)16-14(17)19-10)8-15-7-12-5-3-4-6-18-12/h9,12,15H,3-8H2,1-2H3. The SMILES string of the molecule is Cc1cn2c(CNCC3CCCCO3)c(C)nc2s1. The van der Waals surface area contributed by atoms with Crippen LogP contribution in [-0.2, 0) is 11.3 Å². The Balaban J connectivity index is 1.62. The van der Waals surface area contributed by atoms with Crippen molar-refractivity contribution in [2.24, 2.45) is 0 Å². The minimum Gasteiger partial charge on any atom is -0.377 e. The highest BCUT2D eigenvalue weighted by atomic mass is 32.1. The summed E-state index contributed by atoms with van der Waals surface area (Å²) >= 11 is 1.75. The van der Waals surface area contributed by atoms with Gasteiger partial charge in [-0.2, -0.15) is 0 Å². The summed E-state index contributed by atoms with van der Waals surface area (Å²) < 4.78 is 7.95. The third-order valence-corrected chi connectivity index (χ3v) is 4.58. The third kappa shape index (κ3) is 2.83. The predicted molar refractivity (Wildman–Crippen MR) is 77.8 cm³/mol. The summed E-state index contributed by atoms with van der Waals surface area (Å²) in [5.41, 5.74) is 2.40. The fourth-order valence-electron chi connectivity index (χ4n) is 2.64. The maximum absolute atomic E-state index is 5.74. The van der Waals surface area contributed by atoms with Gasteiger partial charge in [-0.25, -0.2) is 4.98 Å². The molecule has 0 saturated carbocycles. The minimum atomic E-state index is 0.390. The number of hydrogen-bond donors (Lipinski definition) is 1. The van der Waals surface area contributed by atoms with Crippen LogP contribution < -0.4 is 5.32 Å². The number of ether oxygens (including phenoxy) is 1. The van der Waals surface area contributed by atoms with Crippen molar-refractivity contribution in [2.75, 3.05) is 13.2 Å². The first kappa shape index (κ1) is 13.1. The van der Waals surface area contributed by atoms with Crippen molar-refractivity contribution in [1.82, 2.24) is 14.7 Å². The van der Waals surface area contributed by atoms with Crippen molar-refractivity contribution in [2.45, 2.75) is 45.8 Å². The van der Waals surface area contributed by atoms with Crippen LogP contribution in [0.25, 0.3) is 4.96 Å². The fourth-order valence-corrected chi connectivity index (χ4v) is 3.53. The molecule has 1 saturated heterocycles. The third-order valence-electron chi connectivity index (χ3n) is 3.68. The number of aryl methyl sites for hydroxylation is 2. The van der Waals surface area contributed by atoms with Crippen molar-refractivity contribution in [3.8, 4) is 0 Å². The van der Waals surface area contributed by atoms with Crippen LogP contribution in [0.1, 0.15) is 35.5 Å². The number of thiazole rings is 1. The first-order valence-electron chi connectivity index (χ1n) is 7.00. The molecule has 104 valence electrons. The van der Waals surface area contributed by atoms with Crippen molar-refractivity contribution < 1.29 is 4.74 Å². The van der Waals surface area contributed by atoms with E-state index < -0.39 is 0 Å². The van der Waals surface area contributed by atoms with E-state index in [-0.39, 0.29) is 0 Å². The van der Waals surface area contributed by atoms with Gasteiger partial charge in [0.1, 0.15) is 0 Å². The molecular formula is C14H21N3OS. The molecule has 1 unspecified atom stereocenters. The van der Waals surface area contributed by atoms with Gasteiger partial charge >= 0.3 is 0 Å². The minimum absolute atomic E-state index is 0.390. The number of aromatic nitrogens is 2. The summed E-state index contributed by atoms with van der Waals surface area (Å²) in [4.78, 5) is 7.01. The first-order valence-corrected chi connectivity index (χ1v) is 7.82. The zero-order valence-electron chi connectivity index (χ0n) is 11.6. The molecule has 0 spiro atoms. The lowest BCUT2D eigenvalue weighted by molar-refractivity contribution is 0.0167. The van der Waals surface area contributed by atoms with Gasteiger partial charge in [0.2, 0.25) is 0 Å². The molecule has 2 aromatic rings. The number of imidazole rings is 1. The van der Waals surface area contributed by atoms with E-state index in [1.165, 1.54) is 29.8 Å². The molecule has 0 amide bonds. The molecule has 0 aliphatic carbocycles. The van der Waals surface area contributed by atoms with Gasteiger partial charge in [-0.15, -0.1) is 11.3 Å². The maximum atomic E-state index is 5.74. The number of nitrogens with zero attached hydrogens (tertiary/aromatic N) is 2. The normalized spacial score (nSPS) is 20.2. The average Bonchev–Trinajstić information content (AvgIpc) is 2.88. The highest BCUT2D eigenvalue weighted by Crippen LogP contribution is 2.20. The van der Waals surface area contributed by atoms with Gasteiger partial charge in [0.25, 0.3) is 0 Å². The van der Waals surface area contributed by atoms with Crippen molar-refractivity contribution in [3.63, 3.8) is 0 Å². The van der Waals surface area contributed by atoms with E-state index in [4.69, 9.17) is 4.74 Å². The molecule has 19 heavy (non-hydrogen) atoms. The Bertz CT molecular complexity index is 554. The summed E-state index contributed by atoms with van der Waals surface area (Å²) in [6, 6.07) is 0. The lowest BCUT2D eigenvalue weighted by Gasteiger charge is -2.22. The molecule has 0 aromatic carbocycles. The van der Waals surface area contributed by atoms with Crippen LogP contribution in [-0.4, -0.2) is 28.6 Å². The number of fused-ring (bicyclic) bond motifs is 1. The molecule has 3 rings (SSSR count). The monoisotopic (exact) mass is 279 g/mol. The van der Waals surface area contributed by atoms with Crippen LogP contribution in [0.4, 0.5) is 0 Å². The topological polar surface area (TPSA) is 38.6 Å². The van der Waals surface area contributed by atoms with Gasteiger partial charge < -0.3 is 10.1 Å². The molecule has 1 fully saturated rings. The molecule has 0 radical (unpaired) electrons. The molecule has 2 aromatic heterocycles. The van der Waals surface area contributed by atoms with Crippen molar-refractivity contribution in [3.05, 3.63) is 22.5 Å². The number of hydrogen-bond acceptors (Lipinski definition) is 4. The van der Waals surface area contributed by atoms with Gasteiger partial charge in [-0.3, -0.25) is 4.40 Å². The molecule has 4 nitrogen and oxygen atoms in total. The van der Waals surface area contributed by atoms with Gasteiger partial charge in [0.15, 0.2) is 4.96 Å². The van der Waals surface area contributed by atoms with E-state index in [0.29, 0.717) is 6.10 Å². The fraction of sp³-hybridized carbons (Fsp3) is 0.643. The van der Waals surface area contributed by atoms with Crippen molar-refractivity contribution in [1.29, 1.82) is 0 Å². The molecule has 1 atom stereocenters. The van der Waals surface area contributed by atoms with Crippen LogP contribution in [0, 0.1) is 13.8 Å². The van der Waals surface area contributed by atoms with E-state index in [2.05, 4.69) is 34.7 Å². The zero-order valence-corrected chi connectivity index (χ0v) is 12.4. The Hall–Kier alpha value is -0.910. The highest BCUT2D eigenvalue weighted by Gasteiger charge is 2.15. The molecule has 1 aliphatic rings. The number of rotatable bonds is 4. The predicted octanol–water partition coefficient (Wildman–Crippen LogP) is 2.67. The van der Waals surface area contributed by atoms with Gasteiger partial charge in [-0.05, 0) is 33.1 Å². The molecular weight excluding hydrogens is 258 g/mol. The first-order chi connectivity index (χ1) is 9.24. The summed E-state index contributed by atoms with van der Waals surface area (Å²) in [7, 11) is 0. The summed E-state index contributed by atoms with van der Waals surface area (Å²) in [6.45, 7) is 6.94. The van der Waals surface area contributed by atoms with Crippen LogP contribution in [0.3, 0.4) is 0 Å². The van der Waals surface area contributed by atoms with Crippen LogP contribution >= 0.6 is 11.3 Å². The Labute approximate surface area is 117 Å². The van der Waals surface area contributed by atoms with E-state index in [0.717, 1.165) is 30.4 Å². The maximum Gasteiger partial charge on any atom is 0.194 e. The van der Waals surface area contributed by atoms with Gasteiger partial charge in [0, 0.05) is 30.8 Å². The zero-order chi connectivity index (χ0) is 13.2. The Morgan fingerprint density at radius 1 is 1.47 bits per heavy atom. The molecule has 1 N–H and O–H groups in total. The quantitative estimate of drug-likeness (QED) is 0.935. The van der Waals surface area contributed by atoms with Crippen LogP contribution in [0.5, 0.6) is 0 Å².